The molecule has 0 aliphatic carbocycles. The highest BCUT2D eigenvalue weighted by molar-refractivity contribution is 7.90. The summed E-state index contributed by atoms with van der Waals surface area (Å²) in [4.78, 5) is 14.2. The standard InChI is InChI=1S/C24H23FN2O5S/c1-24(2,3)32-23(28)26-10-9-22-19(14-26)18-13-17(6-7-21(18)31-22)33(29,30)27-11-8-15-4-5-16(25)12-20(15)27/h4-8,11-13H,9-10,14H2,1-3H3. The first-order valence-corrected chi connectivity index (χ1v) is 12.0. The lowest BCUT2D eigenvalue weighted by molar-refractivity contribution is 0.0220. The van der Waals surface area contributed by atoms with Crippen LogP contribution in [0.5, 0.6) is 0 Å². The van der Waals surface area contributed by atoms with Gasteiger partial charge in [0.2, 0.25) is 0 Å². The smallest absolute Gasteiger partial charge is 0.410 e. The molecule has 3 heterocycles. The van der Waals surface area contributed by atoms with Gasteiger partial charge in [0, 0.05) is 35.5 Å². The Hall–Kier alpha value is -3.33. The summed E-state index contributed by atoms with van der Waals surface area (Å²) in [5.74, 6) is 0.215. The average molecular weight is 471 g/mol. The molecule has 0 radical (unpaired) electrons. The summed E-state index contributed by atoms with van der Waals surface area (Å²) in [5.41, 5.74) is 0.965. The molecule has 33 heavy (non-hydrogen) atoms. The van der Waals surface area contributed by atoms with Gasteiger partial charge >= 0.3 is 6.09 Å². The molecule has 1 aliphatic rings. The largest absolute Gasteiger partial charge is 0.461 e. The molecule has 2 aromatic carbocycles. The summed E-state index contributed by atoms with van der Waals surface area (Å²) >= 11 is 0. The van der Waals surface area contributed by atoms with Crippen LogP contribution in [0.4, 0.5) is 9.18 Å². The van der Waals surface area contributed by atoms with Gasteiger partial charge in [-0.3, -0.25) is 0 Å². The number of furan rings is 1. The molecule has 172 valence electrons. The normalized spacial score (nSPS) is 14.6. The summed E-state index contributed by atoms with van der Waals surface area (Å²) in [6.07, 6.45) is 1.50. The Morgan fingerprint density at radius 2 is 1.91 bits per heavy atom. The summed E-state index contributed by atoms with van der Waals surface area (Å²) in [6.45, 7) is 6.14. The van der Waals surface area contributed by atoms with Crippen LogP contribution in [0.3, 0.4) is 0 Å². The molecular formula is C24H23FN2O5S. The number of halogens is 1. The van der Waals surface area contributed by atoms with E-state index in [1.165, 1.54) is 30.5 Å². The third-order valence-corrected chi connectivity index (χ3v) is 7.32. The number of nitrogens with zero attached hydrogens (tertiary/aromatic N) is 2. The Kier molecular flexibility index (Phi) is 4.79. The van der Waals surface area contributed by atoms with Crippen molar-refractivity contribution in [3.8, 4) is 0 Å². The summed E-state index contributed by atoms with van der Waals surface area (Å²) < 4.78 is 53.1. The number of fused-ring (bicyclic) bond motifs is 4. The molecule has 1 aliphatic heterocycles. The van der Waals surface area contributed by atoms with Gasteiger partial charge in [0.15, 0.2) is 0 Å². The van der Waals surface area contributed by atoms with Crippen LogP contribution >= 0.6 is 0 Å². The van der Waals surface area contributed by atoms with E-state index < -0.39 is 27.5 Å². The maximum Gasteiger partial charge on any atom is 0.410 e. The summed E-state index contributed by atoms with van der Waals surface area (Å²) in [7, 11) is -3.99. The van der Waals surface area contributed by atoms with E-state index in [-0.39, 0.29) is 17.0 Å². The Morgan fingerprint density at radius 1 is 1.12 bits per heavy atom. The Morgan fingerprint density at radius 3 is 2.67 bits per heavy atom. The fourth-order valence-electron chi connectivity index (χ4n) is 4.10. The molecule has 5 rings (SSSR count). The van der Waals surface area contributed by atoms with Gasteiger partial charge in [-0.25, -0.2) is 21.6 Å². The van der Waals surface area contributed by atoms with Crippen molar-refractivity contribution in [3.63, 3.8) is 0 Å². The minimum absolute atomic E-state index is 0.0507. The van der Waals surface area contributed by atoms with E-state index in [0.29, 0.717) is 29.3 Å². The van der Waals surface area contributed by atoms with Gasteiger partial charge in [-0.15, -0.1) is 0 Å². The van der Waals surface area contributed by atoms with Crippen LogP contribution < -0.4 is 0 Å². The first kappa shape index (κ1) is 21.5. The van der Waals surface area contributed by atoms with Gasteiger partial charge in [-0.1, -0.05) is 0 Å². The van der Waals surface area contributed by atoms with Gasteiger partial charge < -0.3 is 14.1 Å². The minimum atomic E-state index is -3.99. The molecule has 9 heteroatoms. The average Bonchev–Trinajstić information content (AvgIpc) is 3.32. The van der Waals surface area contributed by atoms with Crippen molar-refractivity contribution in [3.05, 3.63) is 65.8 Å². The second kappa shape index (κ2) is 7.34. The maximum atomic E-state index is 13.8. The van der Waals surface area contributed by atoms with Crippen molar-refractivity contribution in [2.24, 2.45) is 0 Å². The molecule has 0 bridgehead atoms. The second-order valence-electron chi connectivity index (χ2n) is 9.13. The second-order valence-corrected chi connectivity index (χ2v) is 10.9. The van der Waals surface area contributed by atoms with Crippen molar-refractivity contribution >= 4 is 38.0 Å². The van der Waals surface area contributed by atoms with Crippen LogP contribution in [0.15, 0.2) is 58.0 Å². The maximum absolute atomic E-state index is 13.8. The molecule has 0 unspecified atom stereocenters. The van der Waals surface area contributed by atoms with E-state index in [9.17, 15) is 17.6 Å². The van der Waals surface area contributed by atoms with Crippen LogP contribution in [0.1, 0.15) is 32.1 Å². The van der Waals surface area contributed by atoms with E-state index in [0.717, 1.165) is 15.3 Å². The SMILES string of the molecule is CC(C)(C)OC(=O)N1CCc2oc3ccc(S(=O)(=O)n4ccc5ccc(F)cc54)cc3c2C1. The third kappa shape index (κ3) is 3.76. The lowest BCUT2D eigenvalue weighted by Crippen LogP contribution is -2.39. The molecule has 0 saturated carbocycles. The number of aromatic nitrogens is 1. The number of hydrogen-bond acceptors (Lipinski definition) is 5. The van der Waals surface area contributed by atoms with E-state index in [1.54, 1.807) is 23.1 Å². The summed E-state index contributed by atoms with van der Waals surface area (Å²) in [6, 6.07) is 10.3. The number of rotatable bonds is 2. The lowest BCUT2D eigenvalue weighted by atomic mass is 10.1. The van der Waals surface area contributed by atoms with Crippen LogP contribution in [0.2, 0.25) is 0 Å². The lowest BCUT2D eigenvalue weighted by Gasteiger charge is -2.29. The molecular weight excluding hydrogens is 447 g/mol. The van der Waals surface area contributed by atoms with Crippen LogP contribution in [-0.2, 0) is 27.7 Å². The number of hydrogen-bond donors (Lipinski definition) is 0. The van der Waals surface area contributed by atoms with Gasteiger partial charge in [0.1, 0.15) is 22.8 Å². The molecule has 0 atom stereocenters. The third-order valence-electron chi connectivity index (χ3n) is 5.63. The number of benzene rings is 2. The zero-order chi connectivity index (χ0) is 23.5. The molecule has 0 spiro atoms. The quantitative estimate of drug-likeness (QED) is 0.409. The van der Waals surface area contributed by atoms with Gasteiger partial charge in [-0.05, 0) is 63.2 Å². The zero-order valence-electron chi connectivity index (χ0n) is 18.5. The highest BCUT2D eigenvalue weighted by Crippen LogP contribution is 2.34. The first-order chi connectivity index (χ1) is 15.5. The monoisotopic (exact) mass is 470 g/mol. The Bertz CT molecular complexity index is 1510. The molecule has 7 nitrogen and oxygen atoms in total. The van der Waals surface area contributed by atoms with E-state index in [1.807, 2.05) is 20.8 Å². The molecule has 0 fully saturated rings. The molecule has 1 amide bonds. The highest BCUT2D eigenvalue weighted by atomic mass is 32.2. The topological polar surface area (TPSA) is 81.8 Å². The number of carbonyl (C=O) groups excluding carboxylic acids is 1. The highest BCUT2D eigenvalue weighted by Gasteiger charge is 2.30. The number of ether oxygens (including phenoxy) is 1. The van der Waals surface area contributed by atoms with Crippen LogP contribution in [0, 0.1) is 5.82 Å². The van der Waals surface area contributed by atoms with Crippen LogP contribution in [-0.4, -0.2) is 35.5 Å². The van der Waals surface area contributed by atoms with Gasteiger partial charge in [0.05, 0.1) is 17.0 Å². The van der Waals surface area contributed by atoms with Crippen molar-refractivity contribution in [1.82, 2.24) is 8.87 Å². The van der Waals surface area contributed by atoms with E-state index >= 15 is 0 Å². The number of carbonyl (C=O) groups is 1. The van der Waals surface area contributed by atoms with Crippen molar-refractivity contribution in [2.75, 3.05) is 6.54 Å². The fourth-order valence-corrected chi connectivity index (χ4v) is 5.48. The van der Waals surface area contributed by atoms with Gasteiger partial charge in [-0.2, -0.15) is 0 Å². The minimum Gasteiger partial charge on any atom is -0.461 e. The van der Waals surface area contributed by atoms with Crippen molar-refractivity contribution < 1.29 is 26.8 Å². The van der Waals surface area contributed by atoms with E-state index in [4.69, 9.17) is 9.15 Å². The molecule has 0 N–H and O–H groups in total. The molecule has 0 saturated heterocycles. The first-order valence-electron chi connectivity index (χ1n) is 10.6. The fraction of sp³-hybridized carbons (Fsp3) is 0.292. The predicted molar refractivity (Wildman–Crippen MR) is 121 cm³/mol. The Labute approximate surface area is 190 Å². The van der Waals surface area contributed by atoms with Crippen molar-refractivity contribution in [2.45, 2.75) is 44.2 Å². The predicted octanol–water partition coefficient (Wildman–Crippen LogP) is 5.06. The molecule has 4 aromatic rings. The Balaban J connectivity index is 1.55. The summed E-state index contributed by atoms with van der Waals surface area (Å²) in [5, 5.41) is 1.25. The van der Waals surface area contributed by atoms with Crippen molar-refractivity contribution in [1.29, 1.82) is 0 Å². The van der Waals surface area contributed by atoms with E-state index in [2.05, 4.69) is 0 Å². The zero-order valence-corrected chi connectivity index (χ0v) is 19.3. The van der Waals surface area contributed by atoms with Gasteiger partial charge in [0.25, 0.3) is 10.0 Å². The number of amides is 1. The van der Waals surface area contributed by atoms with Crippen LogP contribution in [0.25, 0.3) is 21.9 Å². The molecule has 2 aromatic heterocycles.